The van der Waals surface area contributed by atoms with Crippen LogP contribution in [-0.2, 0) is 10.8 Å². The fourth-order valence-electron chi connectivity index (χ4n) is 2.96. The Morgan fingerprint density at radius 3 is 1.86 bits per heavy atom. The molecule has 0 aliphatic heterocycles. The van der Waals surface area contributed by atoms with Gasteiger partial charge < -0.3 is 15.6 Å². The Balaban J connectivity index is 2.51. The van der Waals surface area contributed by atoms with E-state index in [0.29, 0.717) is 11.1 Å². The van der Waals surface area contributed by atoms with Crippen LogP contribution in [0, 0.1) is 0 Å². The zero-order chi connectivity index (χ0) is 21.5. The molecule has 0 aromatic heterocycles. The number of benzene rings is 2. The minimum atomic E-state index is -4.75. The molecule has 3 N–H and O–H groups in total. The largest absolute Gasteiger partial charge is 0.573 e. The van der Waals surface area contributed by atoms with Crippen molar-refractivity contribution < 1.29 is 23.0 Å². The van der Waals surface area contributed by atoms with Gasteiger partial charge in [0.2, 0.25) is 0 Å². The topological polar surface area (TPSA) is 55.5 Å². The predicted molar refractivity (Wildman–Crippen MR) is 105 cm³/mol. The van der Waals surface area contributed by atoms with Gasteiger partial charge in [-0.3, -0.25) is 0 Å². The Labute approximate surface area is 164 Å². The lowest BCUT2D eigenvalue weighted by atomic mass is 9.77. The summed E-state index contributed by atoms with van der Waals surface area (Å²) in [5.74, 6) is -0.199. The molecule has 1 atom stereocenters. The van der Waals surface area contributed by atoms with Gasteiger partial charge in [-0.2, -0.15) is 0 Å². The van der Waals surface area contributed by atoms with Crippen LogP contribution in [0.4, 0.5) is 13.2 Å². The Bertz CT molecular complexity index is 829. The second-order valence-corrected chi connectivity index (χ2v) is 9.06. The van der Waals surface area contributed by atoms with Gasteiger partial charge in [0.15, 0.2) is 0 Å². The van der Waals surface area contributed by atoms with Crippen molar-refractivity contribution in [3.8, 4) is 11.5 Å². The maximum atomic E-state index is 12.4. The van der Waals surface area contributed by atoms with E-state index >= 15 is 0 Å². The van der Waals surface area contributed by atoms with E-state index in [1.54, 1.807) is 0 Å². The maximum absolute atomic E-state index is 12.4. The Kier molecular flexibility index (Phi) is 5.77. The van der Waals surface area contributed by atoms with Crippen LogP contribution in [0.15, 0.2) is 36.4 Å². The molecule has 3 nitrogen and oxygen atoms in total. The van der Waals surface area contributed by atoms with Crippen LogP contribution in [0.2, 0.25) is 0 Å². The van der Waals surface area contributed by atoms with Crippen LogP contribution in [0.3, 0.4) is 0 Å². The van der Waals surface area contributed by atoms with Gasteiger partial charge in [0.05, 0.1) is 6.04 Å². The monoisotopic (exact) mass is 395 g/mol. The molecular formula is C22H28F3NO2. The number of phenolic OH excluding ortho intramolecular Hbond substituents is 1. The van der Waals surface area contributed by atoms with Gasteiger partial charge in [-0.25, -0.2) is 0 Å². The van der Waals surface area contributed by atoms with Gasteiger partial charge in [0.1, 0.15) is 11.5 Å². The Hall–Kier alpha value is -2.21. The van der Waals surface area contributed by atoms with Gasteiger partial charge in [-0.15, -0.1) is 13.2 Å². The van der Waals surface area contributed by atoms with Gasteiger partial charge in [0, 0.05) is 5.56 Å². The van der Waals surface area contributed by atoms with Gasteiger partial charge >= 0.3 is 6.36 Å². The van der Waals surface area contributed by atoms with Crippen LogP contribution < -0.4 is 10.5 Å². The van der Waals surface area contributed by atoms with E-state index in [2.05, 4.69) is 25.5 Å². The fourth-order valence-corrected chi connectivity index (χ4v) is 2.96. The highest BCUT2D eigenvalue weighted by atomic mass is 19.4. The number of halogens is 3. The Morgan fingerprint density at radius 2 is 1.43 bits per heavy atom. The third-order valence-electron chi connectivity index (χ3n) is 4.62. The molecule has 0 amide bonds. The van der Waals surface area contributed by atoms with Gasteiger partial charge in [-0.05, 0) is 45.7 Å². The van der Waals surface area contributed by atoms with Crippen molar-refractivity contribution in [1.29, 1.82) is 0 Å². The normalized spacial score (nSPS) is 14.1. The van der Waals surface area contributed by atoms with Crippen LogP contribution >= 0.6 is 0 Å². The first-order valence-corrected chi connectivity index (χ1v) is 9.09. The minimum absolute atomic E-state index is 0.114. The lowest BCUT2D eigenvalue weighted by Gasteiger charge is -2.29. The molecular weight excluding hydrogens is 367 g/mol. The fraction of sp³-hybridized carbons (Fsp3) is 0.455. The van der Waals surface area contributed by atoms with Crippen LogP contribution in [0.5, 0.6) is 11.5 Å². The van der Waals surface area contributed by atoms with E-state index in [9.17, 15) is 18.3 Å². The number of rotatable bonds is 3. The zero-order valence-corrected chi connectivity index (χ0v) is 17.1. The van der Waals surface area contributed by atoms with E-state index in [1.807, 2.05) is 32.9 Å². The summed E-state index contributed by atoms with van der Waals surface area (Å²) in [5.41, 5.74) is 8.86. The summed E-state index contributed by atoms with van der Waals surface area (Å²) < 4.78 is 41.0. The summed E-state index contributed by atoms with van der Waals surface area (Å²) in [4.78, 5) is 0. The molecule has 0 bridgehead atoms. The van der Waals surface area contributed by atoms with Crippen molar-refractivity contribution in [2.75, 3.05) is 0 Å². The standard InChI is InChI=1S/C22H28F3NO2/c1-20(2,3)14-11-16(19(27)17(12-14)21(4,5)6)18(26)13-7-9-15(10-8-13)28-22(23,24)25/h7-12,18,27H,26H2,1-6H3/t18-/m1/s1. The molecule has 28 heavy (non-hydrogen) atoms. The smallest absolute Gasteiger partial charge is 0.507 e. The number of hydrogen-bond donors (Lipinski definition) is 2. The number of phenols is 1. The van der Waals surface area contributed by atoms with Crippen molar-refractivity contribution in [2.45, 2.75) is 64.8 Å². The summed E-state index contributed by atoms with van der Waals surface area (Å²) in [7, 11) is 0. The minimum Gasteiger partial charge on any atom is -0.507 e. The van der Waals surface area contributed by atoms with Crippen molar-refractivity contribution in [3.63, 3.8) is 0 Å². The quantitative estimate of drug-likeness (QED) is 0.677. The first kappa shape index (κ1) is 22.1. The van der Waals surface area contributed by atoms with E-state index < -0.39 is 12.4 Å². The van der Waals surface area contributed by atoms with E-state index in [-0.39, 0.29) is 22.3 Å². The van der Waals surface area contributed by atoms with Crippen LogP contribution in [0.25, 0.3) is 0 Å². The third kappa shape index (κ3) is 5.19. The van der Waals surface area contributed by atoms with Gasteiger partial charge in [-0.1, -0.05) is 59.7 Å². The number of ether oxygens (including phenoxy) is 1. The molecule has 2 aromatic rings. The molecule has 2 aromatic carbocycles. The molecule has 2 rings (SSSR count). The Morgan fingerprint density at radius 1 is 0.893 bits per heavy atom. The second-order valence-electron chi connectivity index (χ2n) is 9.06. The summed E-state index contributed by atoms with van der Waals surface area (Å²) >= 11 is 0. The van der Waals surface area contributed by atoms with E-state index in [4.69, 9.17) is 5.73 Å². The first-order chi connectivity index (χ1) is 12.6. The highest BCUT2D eigenvalue weighted by Gasteiger charge is 2.31. The highest BCUT2D eigenvalue weighted by molar-refractivity contribution is 5.52. The molecule has 154 valence electrons. The molecule has 0 heterocycles. The maximum Gasteiger partial charge on any atom is 0.573 e. The molecule has 0 unspecified atom stereocenters. The number of nitrogens with two attached hydrogens (primary N) is 1. The summed E-state index contributed by atoms with van der Waals surface area (Å²) in [5, 5.41) is 10.9. The first-order valence-electron chi connectivity index (χ1n) is 9.09. The molecule has 0 fully saturated rings. The molecule has 0 aliphatic carbocycles. The lowest BCUT2D eigenvalue weighted by Crippen LogP contribution is -2.20. The molecule has 0 aliphatic rings. The average molecular weight is 395 g/mol. The number of hydrogen-bond acceptors (Lipinski definition) is 3. The van der Waals surface area contributed by atoms with Crippen molar-refractivity contribution in [3.05, 3.63) is 58.7 Å². The van der Waals surface area contributed by atoms with Crippen LogP contribution in [-0.4, -0.2) is 11.5 Å². The molecule has 0 saturated carbocycles. The van der Waals surface area contributed by atoms with E-state index in [1.165, 1.54) is 24.3 Å². The van der Waals surface area contributed by atoms with Crippen molar-refractivity contribution in [1.82, 2.24) is 0 Å². The van der Waals surface area contributed by atoms with Crippen molar-refractivity contribution in [2.24, 2.45) is 5.73 Å². The van der Waals surface area contributed by atoms with Crippen molar-refractivity contribution >= 4 is 0 Å². The molecule has 6 heteroatoms. The third-order valence-corrected chi connectivity index (χ3v) is 4.62. The number of alkyl halides is 3. The SMILES string of the molecule is CC(C)(C)c1cc([C@H](N)c2ccc(OC(F)(F)F)cc2)c(O)c(C(C)(C)C)c1. The highest BCUT2D eigenvalue weighted by Crippen LogP contribution is 2.41. The summed E-state index contributed by atoms with van der Waals surface area (Å²) in [6, 6.07) is 8.57. The predicted octanol–water partition coefficient (Wildman–Crippen LogP) is 5.93. The molecule has 0 saturated heterocycles. The molecule has 0 radical (unpaired) electrons. The van der Waals surface area contributed by atoms with Crippen LogP contribution in [0.1, 0.15) is 69.8 Å². The average Bonchev–Trinajstić information content (AvgIpc) is 2.51. The zero-order valence-electron chi connectivity index (χ0n) is 17.1. The second kappa shape index (κ2) is 7.32. The summed E-state index contributed by atoms with van der Waals surface area (Å²) in [6.07, 6.45) is -4.75. The number of aromatic hydroxyl groups is 1. The molecule has 0 spiro atoms. The van der Waals surface area contributed by atoms with E-state index in [0.717, 1.165) is 11.1 Å². The lowest BCUT2D eigenvalue weighted by molar-refractivity contribution is -0.274. The van der Waals surface area contributed by atoms with Gasteiger partial charge in [0.25, 0.3) is 0 Å². The summed E-state index contributed by atoms with van der Waals surface area (Å²) in [6.45, 7) is 12.2.